The summed E-state index contributed by atoms with van der Waals surface area (Å²) in [5, 5.41) is 15.6. The first-order valence-electron chi connectivity index (χ1n) is 8.72. The van der Waals surface area contributed by atoms with Gasteiger partial charge in [0, 0.05) is 5.69 Å². The van der Waals surface area contributed by atoms with Gasteiger partial charge in [0.15, 0.2) is 0 Å². The summed E-state index contributed by atoms with van der Waals surface area (Å²) in [4.78, 5) is 12.5. The summed E-state index contributed by atoms with van der Waals surface area (Å²) in [6.07, 6.45) is 0. The number of anilines is 1. The van der Waals surface area contributed by atoms with Crippen molar-refractivity contribution in [2.45, 2.75) is 39.8 Å². The van der Waals surface area contributed by atoms with E-state index < -0.39 is 0 Å². The van der Waals surface area contributed by atoms with Gasteiger partial charge in [-0.25, -0.2) is 0 Å². The standard InChI is InChI=1S/C20H23N5OS/c1-12-9-15(4)18(16(5)10-12)21-17(26)11-27-20-22-23-24-25(20)19-13(2)7-6-8-14(19)3/h6-10H,11H2,1-5H3,(H,21,26). The molecule has 0 aliphatic heterocycles. The lowest BCUT2D eigenvalue weighted by atomic mass is 10.1. The summed E-state index contributed by atoms with van der Waals surface area (Å²) < 4.78 is 1.70. The number of benzene rings is 2. The van der Waals surface area contributed by atoms with Crippen LogP contribution in [0.5, 0.6) is 0 Å². The molecule has 1 aromatic heterocycles. The number of nitrogens with zero attached hydrogens (tertiary/aromatic N) is 4. The van der Waals surface area contributed by atoms with Crippen molar-refractivity contribution in [2.75, 3.05) is 11.1 Å². The molecular formula is C20H23N5OS. The third kappa shape index (κ3) is 4.19. The van der Waals surface area contributed by atoms with Crippen LogP contribution >= 0.6 is 11.8 Å². The normalized spacial score (nSPS) is 10.9. The third-order valence-electron chi connectivity index (χ3n) is 4.37. The fourth-order valence-corrected chi connectivity index (χ4v) is 3.91. The molecule has 2 aromatic carbocycles. The molecule has 6 nitrogen and oxygen atoms in total. The number of tetrazole rings is 1. The number of aryl methyl sites for hydroxylation is 5. The maximum absolute atomic E-state index is 12.5. The van der Waals surface area contributed by atoms with Crippen LogP contribution in [-0.2, 0) is 4.79 Å². The van der Waals surface area contributed by atoms with Crippen molar-refractivity contribution in [1.29, 1.82) is 0 Å². The maximum atomic E-state index is 12.5. The van der Waals surface area contributed by atoms with E-state index in [-0.39, 0.29) is 11.7 Å². The zero-order chi connectivity index (χ0) is 19.6. The second-order valence-corrected chi connectivity index (χ2v) is 7.67. The first-order valence-corrected chi connectivity index (χ1v) is 9.71. The van der Waals surface area contributed by atoms with Crippen molar-refractivity contribution in [2.24, 2.45) is 0 Å². The van der Waals surface area contributed by atoms with E-state index >= 15 is 0 Å². The molecule has 1 N–H and O–H groups in total. The number of hydrogen-bond acceptors (Lipinski definition) is 5. The van der Waals surface area contributed by atoms with Crippen LogP contribution in [0.15, 0.2) is 35.5 Å². The molecule has 27 heavy (non-hydrogen) atoms. The highest BCUT2D eigenvalue weighted by Gasteiger charge is 2.15. The molecule has 7 heteroatoms. The summed E-state index contributed by atoms with van der Waals surface area (Å²) in [6.45, 7) is 10.1. The number of rotatable bonds is 5. The number of carbonyl (C=O) groups is 1. The number of nitrogens with one attached hydrogen (secondary N) is 1. The number of para-hydroxylation sites is 1. The van der Waals surface area contributed by atoms with Crippen molar-refractivity contribution in [3.05, 3.63) is 58.1 Å². The molecule has 0 saturated heterocycles. The van der Waals surface area contributed by atoms with Gasteiger partial charge in [0.05, 0.1) is 11.4 Å². The highest BCUT2D eigenvalue weighted by atomic mass is 32.2. The van der Waals surface area contributed by atoms with Crippen LogP contribution in [0, 0.1) is 34.6 Å². The lowest BCUT2D eigenvalue weighted by molar-refractivity contribution is -0.113. The van der Waals surface area contributed by atoms with E-state index in [9.17, 15) is 4.79 Å². The molecule has 0 fully saturated rings. The number of thioether (sulfide) groups is 1. The van der Waals surface area contributed by atoms with Gasteiger partial charge < -0.3 is 5.32 Å². The SMILES string of the molecule is Cc1cc(C)c(NC(=O)CSc2nnnn2-c2c(C)cccc2C)c(C)c1. The molecule has 0 saturated carbocycles. The second-order valence-electron chi connectivity index (χ2n) is 6.72. The molecule has 0 spiro atoms. The monoisotopic (exact) mass is 381 g/mol. The number of carbonyl (C=O) groups excluding carboxylic acids is 1. The Bertz CT molecular complexity index is 953. The van der Waals surface area contributed by atoms with Crippen molar-refractivity contribution in [3.63, 3.8) is 0 Å². The van der Waals surface area contributed by atoms with Gasteiger partial charge in [0.2, 0.25) is 11.1 Å². The van der Waals surface area contributed by atoms with Gasteiger partial charge in [-0.2, -0.15) is 4.68 Å². The van der Waals surface area contributed by atoms with E-state index in [0.717, 1.165) is 33.6 Å². The molecule has 0 unspecified atom stereocenters. The zero-order valence-corrected chi connectivity index (χ0v) is 17.0. The predicted octanol–water partition coefficient (Wildman–Crippen LogP) is 3.94. The Kier molecular flexibility index (Phi) is 5.60. The highest BCUT2D eigenvalue weighted by Crippen LogP contribution is 2.25. The van der Waals surface area contributed by atoms with Crippen LogP contribution in [0.4, 0.5) is 5.69 Å². The minimum atomic E-state index is -0.0777. The third-order valence-corrected chi connectivity index (χ3v) is 5.29. The Morgan fingerprint density at radius 3 is 2.30 bits per heavy atom. The Balaban J connectivity index is 1.74. The van der Waals surface area contributed by atoms with Crippen molar-refractivity contribution in [1.82, 2.24) is 20.2 Å². The molecular weight excluding hydrogens is 358 g/mol. The lowest BCUT2D eigenvalue weighted by Crippen LogP contribution is -2.16. The first-order chi connectivity index (χ1) is 12.9. The topological polar surface area (TPSA) is 72.7 Å². The number of hydrogen-bond donors (Lipinski definition) is 1. The van der Waals surface area contributed by atoms with Crippen LogP contribution in [0.3, 0.4) is 0 Å². The molecule has 1 amide bonds. The van der Waals surface area contributed by atoms with E-state index in [4.69, 9.17) is 0 Å². The van der Waals surface area contributed by atoms with Crippen LogP contribution in [0.25, 0.3) is 5.69 Å². The Morgan fingerprint density at radius 1 is 1.04 bits per heavy atom. The smallest absolute Gasteiger partial charge is 0.234 e. The predicted molar refractivity (Wildman–Crippen MR) is 109 cm³/mol. The molecule has 0 radical (unpaired) electrons. The fourth-order valence-electron chi connectivity index (χ4n) is 3.23. The summed E-state index contributed by atoms with van der Waals surface area (Å²) >= 11 is 1.32. The molecule has 3 rings (SSSR count). The van der Waals surface area contributed by atoms with E-state index in [2.05, 4.69) is 39.9 Å². The van der Waals surface area contributed by atoms with Gasteiger partial charge in [0.1, 0.15) is 0 Å². The van der Waals surface area contributed by atoms with Gasteiger partial charge in [-0.05, 0) is 67.3 Å². The molecule has 3 aromatic rings. The van der Waals surface area contributed by atoms with Gasteiger partial charge >= 0.3 is 0 Å². The average molecular weight is 382 g/mol. The summed E-state index contributed by atoms with van der Waals surface area (Å²) in [7, 11) is 0. The molecule has 140 valence electrons. The fraction of sp³-hybridized carbons (Fsp3) is 0.300. The van der Waals surface area contributed by atoms with Crippen molar-refractivity contribution in [3.8, 4) is 5.69 Å². The van der Waals surface area contributed by atoms with Gasteiger partial charge in [0.25, 0.3) is 0 Å². The minimum absolute atomic E-state index is 0.0777. The van der Waals surface area contributed by atoms with Gasteiger partial charge in [-0.15, -0.1) is 5.10 Å². The lowest BCUT2D eigenvalue weighted by Gasteiger charge is -2.13. The van der Waals surface area contributed by atoms with Crippen LogP contribution in [0.2, 0.25) is 0 Å². The van der Waals surface area contributed by atoms with Gasteiger partial charge in [-0.1, -0.05) is 47.7 Å². The largest absolute Gasteiger partial charge is 0.325 e. The Morgan fingerprint density at radius 2 is 1.67 bits per heavy atom. The Hall–Kier alpha value is -2.67. The Labute approximate surface area is 163 Å². The van der Waals surface area contributed by atoms with Crippen LogP contribution in [-0.4, -0.2) is 31.9 Å². The zero-order valence-electron chi connectivity index (χ0n) is 16.2. The van der Waals surface area contributed by atoms with E-state index in [1.807, 2.05) is 45.9 Å². The average Bonchev–Trinajstić information content (AvgIpc) is 3.04. The number of amides is 1. The minimum Gasteiger partial charge on any atom is -0.325 e. The van der Waals surface area contributed by atoms with Crippen LogP contribution < -0.4 is 5.32 Å². The molecule has 0 atom stereocenters. The van der Waals surface area contributed by atoms with Crippen LogP contribution in [0.1, 0.15) is 27.8 Å². The van der Waals surface area contributed by atoms with Crippen molar-refractivity contribution < 1.29 is 4.79 Å². The molecule has 0 bridgehead atoms. The second kappa shape index (κ2) is 7.92. The number of aromatic nitrogens is 4. The molecule has 0 aliphatic carbocycles. The van der Waals surface area contributed by atoms with Crippen molar-refractivity contribution >= 4 is 23.4 Å². The van der Waals surface area contributed by atoms with Gasteiger partial charge in [-0.3, -0.25) is 4.79 Å². The quantitative estimate of drug-likeness (QED) is 0.678. The van der Waals surface area contributed by atoms with E-state index in [0.29, 0.717) is 5.16 Å². The van der Waals surface area contributed by atoms with E-state index in [1.54, 1.807) is 4.68 Å². The first kappa shape index (κ1) is 19.1. The molecule has 1 heterocycles. The maximum Gasteiger partial charge on any atom is 0.234 e. The summed E-state index contributed by atoms with van der Waals surface area (Å²) in [5.41, 5.74) is 7.30. The highest BCUT2D eigenvalue weighted by molar-refractivity contribution is 7.99. The molecule has 0 aliphatic rings. The summed E-state index contributed by atoms with van der Waals surface area (Å²) in [6, 6.07) is 10.2. The summed E-state index contributed by atoms with van der Waals surface area (Å²) in [5.74, 6) is 0.157. The van der Waals surface area contributed by atoms with E-state index in [1.165, 1.54) is 17.3 Å².